The van der Waals surface area contributed by atoms with E-state index >= 15 is 0 Å². The third-order valence-electron chi connectivity index (χ3n) is 4.13. The van der Waals surface area contributed by atoms with Crippen molar-refractivity contribution < 1.29 is 0 Å². The predicted molar refractivity (Wildman–Crippen MR) is 91.4 cm³/mol. The Balaban J connectivity index is 2.03. The van der Waals surface area contributed by atoms with Gasteiger partial charge in [0.05, 0.1) is 0 Å². The smallest absolute Gasteiger partial charge is 0.227 e. The van der Waals surface area contributed by atoms with Crippen LogP contribution in [-0.2, 0) is 0 Å². The third kappa shape index (κ3) is 3.13. The summed E-state index contributed by atoms with van der Waals surface area (Å²) in [4.78, 5) is 21.4. The number of guanidine groups is 1. The molecule has 0 N–H and O–H groups in total. The minimum Gasteiger partial charge on any atom is -0.359 e. The van der Waals surface area contributed by atoms with E-state index in [9.17, 15) is 0 Å². The Morgan fingerprint density at radius 2 is 1.50 bits per heavy atom. The molecule has 0 aromatic heterocycles. The number of nitrogens with zero attached hydrogens (tertiary/aromatic N) is 7. The number of hydrogen-bond donors (Lipinski definition) is 0. The minimum absolute atomic E-state index is 0.205. The van der Waals surface area contributed by atoms with Gasteiger partial charge in [-0.25, -0.2) is 9.98 Å². The minimum atomic E-state index is 0.205. The van der Waals surface area contributed by atoms with Crippen LogP contribution in [0.15, 0.2) is 39.8 Å². The Morgan fingerprint density at radius 1 is 0.955 bits per heavy atom. The van der Waals surface area contributed by atoms with Gasteiger partial charge in [-0.15, -0.1) is 0 Å². The van der Waals surface area contributed by atoms with Crippen LogP contribution in [0.25, 0.3) is 0 Å². The van der Waals surface area contributed by atoms with Gasteiger partial charge >= 0.3 is 0 Å². The largest absolute Gasteiger partial charge is 0.359 e. The van der Waals surface area contributed by atoms with Gasteiger partial charge in [0, 0.05) is 45.9 Å². The van der Waals surface area contributed by atoms with Crippen LogP contribution in [0.5, 0.6) is 0 Å². The van der Waals surface area contributed by atoms with Gasteiger partial charge in [-0.2, -0.15) is 0 Å². The molecule has 0 aliphatic carbocycles. The molecule has 2 rings (SSSR count). The zero-order valence-electron chi connectivity index (χ0n) is 14.2. The Bertz CT molecular complexity index is 546. The van der Waals surface area contributed by atoms with Crippen molar-refractivity contribution in [3.05, 3.63) is 24.8 Å². The Morgan fingerprint density at radius 3 is 1.95 bits per heavy atom. The molecule has 0 spiro atoms. The van der Waals surface area contributed by atoms with Crippen molar-refractivity contribution in [3.8, 4) is 0 Å². The highest BCUT2D eigenvalue weighted by atomic mass is 15.4. The van der Waals surface area contributed by atoms with Gasteiger partial charge in [-0.1, -0.05) is 0 Å². The quantitative estimate of drug-likeness (QED) is 0.545. The number of hydrogen-bond acceptors (Lipinski definition) is 3. The first-order valence-corrected chi connectivity index (χ1v) is 7.36. The summed E-state index contributed by atoms with van der Waals surface area (Å²) >= 11 is 0. The second-order valence-electron chi connectivity index (χ2n) is 5.45. The van der Waals surface area contributed by atoms with E-state index in [4.69, 9.17) is 0 Å². The number of aliphatic imine (C=N–C) groups is 3. The molecular formula is C15H25N7. The normalized spacial score (nSPS) is 26.3. The van der Waals surface area contributed by atoms with E-state index in [0.29, 0.717) is 5.96 Å². The van der Waals surface area contributed by atoms with E-state index in [0.717, 1.165) is 5.84 Å². The molecule has 7 nitrogen and oxygen atoms in total. The standard InChI is InChI=1S/C15H25N7/c1-12(21-9-7-19(5)13(21)2)17-11-18-15(16-4)22-10-8-20(6)14(22)3/h7-11,13-14H,1-6H3/b16-15-,17-12+,18-11-/t13-,14+/m1/s1. The fraction of sp³-hybridized carbons (Fsp3) is 0.533. The summed E-state index contributed by atoms with van der Waals surface area (Å²) in [5.74, 6) is 1.54. The van der Waals surface area contributed by atoms with E-state index in [-0.39, 0.29) is 12.3 Å². The molecule has 0 bridgehead atoms. The van der Waals surface area contributed by atoms with Crippen LogP contribution in [0, 0.1) is 0 Å². The summed E-state index contributed by atoms with van der Waals surface area (Å²) in [5, 5.41) is 0. The molecule has 22 heavy (non-hydrogen) atoms. The summed E-state index contributed by atoms with van der Waals surface area (Å²) in [5.41, 5.74) is 0. The van der Waals surface area contributed by atoms with E-state index < -0.39 is 0 Å². The van der Waals surface area contributed by atoms with Gasteiger partial charge in [-0.3, -0.25) is 9.89 Å². The van der Waals surface area contributed by atoms with Crippen LogP contribution in [0.2, 0.25) is 0 Å². The molecule has 0 unspecified atom stereocenters. The summed E-state index contributed by atoms with van der Waals surface area (Å²) in [7, 11) is 5.81. The molecule has 2 atom stereocenters. The maximum atomic E-state index is 4.42. The van der Waals surface area contributed by atoms with Crippen molar-refractivity contribution >= 4 is 18.1 Å². The molecule has 0 amide bonds. The van der Waals surface area contributed by atoms with Crippen molar-refractivity contribution in [2.45, 2.75) is 33.1 Å². The topological polar surface area (TPSA) is 50.0 Å². The summed E-state index contributed by atoms with van der Waals surface area (Å²) < 4.78 is 0. The average molecular weight is 303 g/mol. The Labute approximate surface area is 132 Å². The average Bonchev–Trinajstić information content (AvgIpc) is 3.00. The van der Waals surface area contributed by atoms with Gasteiger partial charge in [0.15, 0.2) is 0 Å². The second-order valence-corrected chi connectivity index (χ2v) is 5.45. The number of rotatable bonds is 1. The lowest BCUT2D eigenvalue weighted by atomic mass is 10.4. The fourth-order valence-corrected chi connectivity index (χ4v) is 2.33. The van der Waals surface area contributed by atoms with E-state index in [1.807, 2.05) is 50.7 Å². The Hall–Kier alpha value is -2.31. The van der Waals surface area contributed by atoms with Crippen molar-refractivity contribution in [3.63, 3.8) is 0 Å². The van der Waals surface area contributed by atoms with Crippen LogP contribution in [0.1, 0.15) is 20.8 Å². The molecule has 0 radical (unpaired) electrons. The molecule has 0 aromatic carbocycles. The molecule has 120 valence electrons. The van der Waals surface area contributed by atoms with Crippen LogP contribution in [0.4, 0.5) is 0 Å². The lowest BCUT2D eigenvalue weighted by Crippen LogP contribution is -2.37. The first kappa shape index (κ1) is 16.1. The van der Waals surface area contributed by atoms with Crippen molar-refractivity contribution in [2.24, 2.45) is 15.0 Å². The fourth-order valence-electron chi connectivity index (χ4n) is 2.33. The lowest BCUT2D eigenvalue weighted by Gasteiger charge is -2.26. The van der Waals surface area contributed by atoms with Crippen LogP contribution >= 0.6 is 0 Å². The highest BCUT2D eigenvalue weighted by molar-refractivity contribution is 5.93. The zero-order valence-corrected chi connectivity index (χ0v) is 14.2. The van der Waals surface area contributed by atoms with Crippen LogP contribution in [0.3, 0.4) is 0 Å². The van der Waals surface area contributed by atoms with Gasteiger partial charge < -0.3 is 14.7 Å². The Kier molecular flexibility index (Phi) is 4.85. The first-order chi connectivity index (χ1) is 10.5. The highest BCUT2D eigenvalue weighted by Crippen LogP contribution is 2.15. The molecule has 0 saturated heterocycles. The molecule has 2 aliphatic rings. The molecule has 7 heteroatoms. The zero-order chi connectivity index (χ0) is 16.3. The molecular weight excluding hydrogens is 278 g/mol. The van der Waals surface area contributed by atoms with Gasteiger partial charge in [0.2, 0.25) is 5.96 Å². The number of amidine groups is 1. The van der Waals surface area contributed by atoms with Crippen molar-refractivity contribution in [2.75, 3.05) is 21.1 Å². The van der Waals surface area contributed by atoms with Crippen molar-refractivity contribution in [1.82, 2.24) is 19.6 Å². The molecule has 2 heterocycles. The maximum Gasteiger partial charge on any atom is 0.227 e. The predicted octanol–water partition coefficient (Wildman–Crippen LogP) is 1.55. The molecule has 0 aromatic rings. The van der Waals surface area contributed by atoms with Gasteiger partial charge in [0.25, 0.3) is 0 Å². The molecule has 2 aliphatic heterocycles. The second kappa shape index (κ2) is 6.64. The van der Waals surface area contributed by atoms with E-state index in [1.165, 1.54) is 0 Å². The first-order valence-electron chi connectivity index (χ1n) is 7.36. The summed E-state index contributed by atoms with van der Waals surface area (Å²) in [6, 6.07) is 0. The summed E-state index contributed by atoms with van der Waals surface area (Å²) in [6.07, 6.45) is 10.1. The van der Waals surface area contributed by atoms with E-state index in [1.54, 1.807) is 13.4 Å². The SMILES string of the molecule is C/N=C(/N=C\N=C(/C)N1C=CN(C)[C@H]1C)N1C=CN(C)[C@@H]1C. The van der Waals surface area contributed by atoms with Crippen LogP contribution in [-0.4, -0.2) is 71.2 Å². The third-order valence-corrected chi connectivity index (χ3v) is 4.13. The summed E-state index contributed by atoms with van der Waals surface area (Å²) in [6.45, 7) is 6.20. The molecule has 0 saturated carbocycles. The maximum absolute atomic E-state index is 4.42. The van der Waals surface area contributed by atoms with Gasteiger partial charge in [-0.05, 0) is 20.8 Å². The molecule has 0 fully saturated rings. The lowest BCUT2D eigenvalue weighted by molar-refractivity contribution is 0.264. The van der Waals surface area contributed by atoms with E-state index in [2.05, 4.69) is 43.5 Å². The van der Waals surface area contributed by atoms with Crippen LogP contribution < -0.4 is 0 Å². The van der Waals surface area contributed by atoms with Crippen molar-refractivity contribution in [1.29, 1.82) is 0 Å². The van der Waals surface area contributed by atoms with Gasteiger partial charge in [0.1, 0.15) is 24.5 Å². The highest BCUT2D eigenvalue weighted by Gasteiger charge is 2.22. The monoisotopic (exact) mass is 303 g/mol.